The average Bonchev–Trinajstić information content (AvgIpc) is 2.01. The highest BCUT2D eigenvalue weighted by molar-refractivity contribution is 4.72. The van der Waals surface area contributed by atoms with Crippen molar-refractivity contribution in [3.8, 4) is 0 Å². The van der Waals surface area contributed by atoms with Gasteiger partial charge in [-0.1, -0.05) is 0 Å². The molecule has 1 unspecified atom stereocenters. The Kier molecular flexibility index (Phi) is 4.85. The van der Waals surface area contributed by atoms with Crippen molar-refractivity contribution in [2.75, 3.05) is 19.6 Å². The minimum Gasteiger partial charge on any atom is -0.393 e. The van der Waals surface area contributed by atoms with E-state index in [1.54, 1.807) is 0 Å². The van der Waals surface area contributed by atoms with Crippen LogP contribution in [0.1, 0.15) is 33.6 Å². The van der Waals surface area contributed by atoms with Gasteiger partial charge >= 0.3 is 0 Å². The van der Waals surface area contributed by atoms with Crippen molar-refractivity contribution >= 4 is 0 Å². The Bertz CT molecular complexity index is 151. The van der Waals surface area contributed by atoms with Crippen LogP contribution in [0.2, 0.25) is 0 Å². The molecule has 0 aromatic heterocycles. The molecular weight excluding hydrogens is 178 g/mol. The minimum atomic E-state index is -0.161. The van der Waals surface area contributed by atoms with Gasteiger partial charge in [-0.15, -0.1) is 0 Å². The molecule has 0 radical (unpaired) electrons. The predicted octanol–water partition coefficient (Wildman–Crippen LogP) is 1.26. The van der Waals surface area contributed by atoms with Crippen molar-refractivity contribution in [3.05, 3.63) is 0 Å². The van der Waals surface area contributed by atoms with E-state index in [0.29, 0.717) is 12.2 Å². The minimum absolute atomic E-state index is 0.161. The second kappa shape index (κ2) is 5.69. The molecule has 3 nitrogen and oxygen atoms in total. The van der Waals surface area contributed by atoms with E-state index >= 15 is 0 Å². The van der Waals surface area contributed by atoms with Crippen LogP contribution in [0.5, 0.6) is 0 Å². The highest BCUT2D eigenvalue weighted by Crippen LogP contribution is 2.11. The van der Waals surface area contributed by atoms with E-state index in [4.69, 9.17) is 9.84 Å². The van der Waals surface area contributed by atoms with Gasteiger partial charge in [0.05, 0.1) is 18.3 Å². The van der Waals surface area contributed by atoms with Crippen LogP contribution in [0.15, 0.2) is 0 Å². The van der Waals surface area contributed by atoms with Crippen molar-refractivity contribution in [1.29, 1.82) is 0 Å². The number of hydrogen-bond donors (Lipinski definition) is 1. The molecule has 84 valence electrons. The van der Waals surface area contributed by atoms with Crippen LogP contribution in [-0.2, 0) is 4.74 Å². The smallest absolute Gasteiger partial charge is 0.0678 e. The number of hydrogen-bond acceptors (Lipinski definition) is 3. The quantitative estimate of drug-likeness (QED) is 0.743. The normalized spacial score (nSPS) is 31.7. The third-order valence-electron chi connectivity index (χ3n) is 2.59. The molecule has 14 heavy (non-hydrogen) atoms. The lowest BCUT2D eigenvalue weighted by Gasteiger charge is -2.35. The van der Waals surface area contributed by atoms with Crippen molar-refractivity contribution in [2.45, 2.75) is 51.9 Å². The summed E-state index contributed by atoms with van der Waals surface area (Å²) in [5.74, 6) is 0. The molecule has 1 aliphatic heterocycles. The van der Waals surface area contributed by atoms with Gasteiger partial charge in [0.2, 0.25) is 0 Å². The summed E-state index contributed by atoms with van der Waals surface area (Å²) in [6.45, 7) is 9.25. The number of ether oxygens (including phenoxy) is 1. The fraction of sp³-hybridized carbons (Fsp3) is 1.00. The zero-order valence-corrected chi connectivity index (χ0v) is 9.57. The first kappa shape index (κ1) is 12.0. The van der Waals surface area contributed by atoms with Gasteiger partial charge in [-0.3, -0.25) is 4.90 Å². The monoisotopic (exact) mass is 201 g/mol. The molecule has 0 saturated carbocycles. The van der Waals surface area contributed by atoms with Gasteiger partial charge in [-0.25, -0.2) is 0 Å². The molecule has 1 saturated heterocycles. The molecule has 0 bridgehead atoms. The Morgan fingerprint density at radius 2 is 1.93 bits per heavy atom. The zero-order chi connectivity index (χ0) is 10.6. The molecule has 0 aliphatic carbocycles. The summed E-state index contributed by atoms with van der Waals surface area (Å²) in [6.07, 6.45) is 2.53. The Labute approximate surface area is 87.1 Å². The predicted molar refractivity (Wildman–Crippen MR) is 57.4 cm³/mol. The standard InChI is InChI=1S/C11H23NO2/c1-9(13)5-4-6-12-7-10(2)14-11(3)8-12/h9-11,13H,4-8H2,1-3H3/t9?,10-,11+. The topological polar surface area (TPSA) is 32.7 Å². The molecular formula is C11H23NO2. The highest BCUT2D eigenvalue weighted by atomic mass is 16.5. The van der Waals surface area contributed by atoms with E-state index in [9.17, 15) is 0 Å². The highest BCUT2D eigenvalue weighted by Gasteiger charge is 2.21. The summed E-state index contributed by atoms with van der Waals surface area (Å²) in [6, 6.07) is 0. The summed E-state index contributed by atoms with van der Waals surface area (Å²) in [4.78, 5) is 2.43. The zero-order valence-electron chi connectivity index (χ0n) is 9.57. The second-order valence-corrected chi connectivity index (χ2v) is 4.51. The van der Waals surface area contributed by atoms with Crippen LogP contribution in [-0.4, -0.2) is 48.0 Å². The molecule has 3 atom stereocenters. The van der Waals surface area contributed by atoms with Crippen molar-refractivity contribution in [3.63, 3.8) is 0 Å². The van der Waals surface area contributed by atoms with E-state index in [-0.39, 0.29) is 6.10 Å². The lowest BCUT2D eigenvalue weighted by atomic mass is 10.2. The molecule has 0 aromatic carbocycles. The van der Waals surface area contributed by atoms with Crippen LogP contribution < -0.4 is 0 Å². The molecule has 1 fully saturated rings. The number of rotatable bonds is 4. The maximum Gasteiger partial charge on any atom is 0.0678 e. The third kappa shape index (κ3) is 4.40. The first-order chi connectivity index (χ1) is 6.58. The van der Waals surface area contributed by atoms with Crippen molar-refractivity contribution < 1.29 is 9.84 Å². The lowest BCUT2D eigenvalue weighted by Crippen LogP contribution is -2.45. The van der Waals surface area contributed by atoms with Crippen LogP contribution in [0.3, 0.4) is 0 Å². The Balaban J connectivity index is 2.17. The van der Waals surface area contributed by atoms with Crippen LogP contribution in [0, 0.1) is 0 Å². The van der Waals surface area contributed by atoms with Gasteiger partial charge in [-0.05, 0) is 40.2 Å². The molecule has 0 spiro atoms. The Morgan fingerprint density at radius 1 is 1.36 bits per heavy atom. The maximum atomic E-state index is 9.14. The molecule has 1 N–H and O–H groups in total. The van der Waals surface area contributed by atoms with Gasteiger partial charge in [0.15, 0.2) is 0 Å². The summed E-state index contributed by atoms with van der Waals surface area (Å²) < 4.78 is 5.65. The van der Waals surface area contributed by atoms with Crippen LogP contribution in [0.25, 0.3) is 0 Å². The fourth-order valence-corrected chi connectivity index (χ4v) is 2.08. The van der Waals surface area contributed by atoms with Crippen molar-refractivity contribution in [2.24, 2.45) is 0 Å². The number of aliphatic hydroxyl groups excluding tert-OH is 1. The van der Waals surface area contributed by atoms with Crippen LogP contribution in [0.4, 0.5) is 0 Å². The van der Waals surface area contributed by atoms with Gasteiger partial charge in [0.25, 0.3) is 0 Å². The largest absolute Gasteiger partial charge is 0.393 e. The van der Waals surface area contributed by atoms with Gasteiger partial charge < -0.3 is 9.84 Å². The van der Waals surface area contributed by atoms with E-state index in [2.05, 4.69) is 18.7 Å². The fourth-order valence-electron chi connectivity index (χ4n) is 2.08. The van der Waals surface area contributed by atoms with Gasteiger partial charge in [-0.2, -0.15) is 0 Å². The number of morpholine rings is 1. The van der Waals surface area contributed by atoms with E-state index in [1.807, 2.05) is 6.92 Å². The number of aliphatic hydroxyl groups is 1. The van der Waals surface area contributed by atoms with Gasteiger partial charge in [0.1, 0.15) is 0 Å². The van der Waals surface area contributed by atoms with E-state index < -0.39 is 0 Å². The molecule has 3 heteroatoms. The lowest BCUT2D eigenvalue weighted by molar-refractivity contribution is -0.0685. The van der Waals surface area contributed by atoms with Crippen LogP contribution >= 0.6 is 0 Å². The second-order valence-electron chi connectivity index (χ2n) is 4.51. The molecule has 1 rings (SSSR count). The van der Waals surface area contributed by atoms with E-state index in [1.165, 1.54) is 0 Å². The first-order valence-corrected chi connectivity index (χ1v) is 5.64. The Hall–Kier alpha value is -0.120. The summed E-state index contributed by atoms with van der Waals surface area (Å²) >= 11 is 0. The average molecular weight is 201 g/mol. The summed E-state index contributed by atoms with van der Waals surface area (Å²) in [5, 5.41) is 9.14. The van der Waals surface area contributed by atoms with E-state index in [0.717, 1.165) is 32.5 Å². The Morgan fingerprint density at radius 3 is 2.43 bits per heavy atom. The third-order valence-corrected chi connectivity index (χ3v) is 2.59. The number of nitrogens with zero attached hydrogens (tertiary/aromatic N) is 1. The maximum absolute atomic E-state index is 9.14. The molecule has 0 amide bonds. The summed E-state index contributed by atoms with van der Waals surface area (Å²) in [5.41, 5.74) is 0. The summed E-state index contributed by atoms with van der Waals surface area (Å²) in [7, 11) is 0. The van der Waals surface area contributed by atoms with Gasteiger partial charge in [0, 0.05) is 13.1 Å². The SMILES string of the molecule is CC(O)CCCN1C[C@@H](C)O[C@@H](C)C1. The first-order valence-electron chi connectivity index (χ1n) is 5.64. The van der Waals surface area contributed by atoms with Crippen molar-refractivity contribution in [1.82, 2.24) is 4.90 Å². The molecule has 0 aromatic rings. The molecule has 1 heterocycles. The molecule has 1 aliphatic rings.